The van der Waals surface area contributed by atoms with E-state index in [2.05, 4.69) is 5.32 Å². The van der Waals surface area contributed by atoms with Crippen molar-refractivity contribution in [1.82, 2.24) is 5.32 Å². The van der Waals surface area contributed by atoms with Crippen molar-refractivity contribution < 1.29 is 23.5 Å². The highest BCUT2D eigenvalue weighted by Gasteiger charge is 2.68. The first-order chi connectivity index (χ1) is 14.8. The highest BCUT2D eigenvalue weighted by Crippen LogP contribution is 2.69. The van der Waals surface area contributed by atoms with Gasteiger partial charge in [0.15, 0.2) is 6.61 Å². The lowest BCUT2D eigenvalue weighted by Gasteiger charge is -2.70. The number of ether oxygens (including phenoxy) is 2. The van der Waals surface area contributed by atoms with Crippen molar-refractivity contribution in [3.8, 4) is 11.5 Å². The summed E-state index contributed by atoms with van der Waals surface area (Å²) in [5.74, 6) is 0.205. The van der Waals surface area contributed by atoms with Crippen LogP contribution in [0, 0.1) is 11.2 Å². The zero-order valence-electron chi connectivity index (χ0n) is 16.8. The predicted molar refractivity (Wildman–Crippen MR) is 115 cm³/mol. The number of carbonyl (C=O) groups excluding carboxylic acids is 2. The van der Waals surface area contributed by atoms with E-state index in [1.54, 1.807) is 24.3 Å². The first kappa shape index (κ1) is 21.9. The minimum Gasteiger partial charge on any atom is -0.493 e. The molecule has 2 bridgehead atoms. The van der Waals surface area contributed by atoms with Gasteiger partial charge in [-0.3, -0.25) is 9.59 Å². The topological polar surface area (TPSA) is 64.6 Å². The molecular formula is C23H22Cl2FNO4. The number of hydrogen-bond donors (Lipinski definition) is 1. The molecule has 3 aliphatic rings. The third-order valence-corrected chi connectivity index (χ3v) is 6.37. The first-order valence-corrected chi connectivity index (χ1v) is 10.8. The van der Waals surface area contributed by atoms with E-state index in [0.29, 0.717) is 30.2 Å². The van der Waals surface area contributed by atoms with Gasteiger partial charge in [0.1, 0.15) is 23.1 Å². The van der Waals surface area contributed by atoms with E-state index < -0.39 is 5.82 Å². The fourth-order valence-electron chi connectivity index (χ4n) is 4.71. The van der Waals surface area contributed by atoms with Gasteiger partial charge in [0.05, 0.1) is 11.6 Å². The molecule has 0 aromatic heterocycles. The van der Waals surface area contributed by atoms with E-state index in [1.807, 2.05) is 0 Å². The van der Waals surface area contributed by atoms with E-state index in [-0.39, 0.29) is 40.0 Å². The number of nitrogens with one attached hydrogen (secondary N) is 1. The number of carbonyl (C=O) groups is 2. The van der Waals surface area contributed by atoms with Gasteiger partial charge in [0, 0.05) is 29.5 Å². The molecular weight excluding hydrogens is 444 g/mol. The molecule has 1 N–H and O–H groups in total. The average Bonchev–Trinajstić information content (AvgIpc) is 2.66. The van der Waals surface area contributed by atoms with Crippen LogP contribution in [-0.4, -0.2) is 30.4 Å². The molecule has 1 amide bonds. The molecule has 0 saturated heterocycles. The van der Waals surface area contributed by atoms with Gasteiger partial charge >= 0.3 is 0 Å². The monoisotopic (exact) mass is 465 g/mol. The molecule has 0 unspecified atom stereocenters. The Labute approximate surface area is 189 Å². The molecule has 0 aliphatic heterocycles. The van der Waals surface area contributed by atoms with Crippen LogP contribution >= 0.6 is 23.2 Å². The van der Waals surface area contributed by atoms with Crippen LogP contribution in [0.5, 0.6) is 11.5 Å². The van der Waals surface area contributed by atoms with E-state index in [0.717, 1.165) is 25.3 Å². The minimum absolute atomic E-state index is 0.000579. The summed E-state index contributed by atoms with van der Waals surface area (Å²) in [5.41, 5.74) is -0.232. The molecule has 0 heterocycles. The van der Waals surface area contributed by atoms with Crippen molar-refractivity contribution in [1.29, 1.82) is 0 Å². The fourth-order valence-corrected chi connectivity index (χ4v) is 5.01. The van der Waals surface area contributed by atoms with Crippen LogP contribution in [0.3, 0.4) is 0 Å². The molecule has 164 valence electrons. The Morgan fingerprint density at radius 3 is 2.48 bits per heavy atom. The summed E-state index contributed by atoms with van der Waals surface area (Å²) >= 11 is 11.5. The molecule has 3 aliphatic carbocycles. The van der Waals surface area contributed by atoms with E-state index in [4.69, 9.17) is 32.7 Å². The number of ketones is 1. The fraction of sp³-hybridized carbons (Fsp3) is 0.391. The maximum Gasteiger partial charge on any atom is 0.258 e. The quantitative estimate of drug-likeness (QED) is 0.537. The van der Waals surface area contributed by atoms with Gasteiger partial charge in [-0.1, -0.05) is 29.3 Å². The van der Waals surface area contributed by atoms with Crippen molar-refractivity contribution in [3.05, 3.63) is 58.3 Å². The first-order valence-electron chi connectivity index (χ1n) is 10.1. The molecule has 8 heteroatoms. The summed E-state index contributed by atoms with van der Waals surface area (Å²) in [6, 6.07) is 11.1. The van der Waals surface area contributed by atoms with Crippen molar-refractivity contribution >= 4 is 34.9 Å². The van der Waals surface area contributed by atoms with E-state index in [9.17, 15) is 14.0 Å². The van der Waals surface area contributed by atoms with Crippen LogP contribution in [0.1, 0.15) is 32.1 Å². The zero-order valence-corrected chi connectivity index (χ0v) is 18.3. The third-order valence-electron chi connectivity index (χ3n) is 5.82. The van der Waals surface area contributed by atoms with Crippen molar-refractivity contribution in [2.24, 2.45) is 5.41 Å². The minimum atomic E-state index is -0.594. The van der Waals surface area contributed by atoms with Gasteiger partial charge in [0.25, 0.3) is 5.91 Å². The molecule has 5 rings (SSSR count). The lowest BCUT2D eigenvalue weighted by atomic mass is 9.38. The largest absolute Gasteiger partial charge is 0.493 e. The van der Waals surface area contributed by atoms with E-state index in [1.165, 1.54) is 12.1 Å². The lowest BCUT2D eigenvalue weighted by Crippen LogP contribution is -2.75. The highest BCUT2D eigenvalue weighted by atomic mass is 35.5. The Morgan fingerprint density at radius 2 is 1.77 bits per heavy atom. The second-order valence-corrected chi connectivity index (χ2v) is 9.34. The zero-order chi connectivity index (χ0) is 22.1. The molecule has 31 heavy (non-hydrogen) atoms. The van der Waals surface area contributed by atoms with Crippen LogP contribution < -0.4 is 14.8 Å². The summed E-state index contributed by atoms with van der Waals surface area (Å²) < 4.78 is 24.3. The van der Waals surface area contributed by atoms with Crippen molar-refractivity contribution in [2.75, 3.05) is 13.2 Å². The number of benzene rings is 2. The molecule has 2 aromatic rings. The molecule has 3 saturated carbocycles. The summed E-state index contributed by atoms with van der Waals surface area (Å²) in [6.45, 7) is 0.120. The van der Waals surface area contributed by atoms with Gasteiger partial charge in [-0.2, -0.15) is 0 Å². The van der Waals surface area contributed by atoms with Crippen molar-refractivity contribution in [2.45, 2.75) is 37.6 Å². The Morgan fingerprint density at radius 1 is 1.03 bits per heavy atom. The van der Waals surface area contributed by atoms with Gasteiger partial charge < -0.3 is 14.8 Å². The number of halogens is 3. The maximum absolute atomic E-state index is 13.4. The SMILES string of the molecule is O=C(CCOc1cccc(Cl)c1)CC12CC(NC(=O)COc3ccc(Cl)c(F)c3)(C1)C2. The number of Topliss-reactive ketones (excluding diaryl/α,β-unsaturated/α-hetero) is 1. The van der Waals surface area contributed by atoms with Crippen molar-refractivity contribution in [3.63, 3.8) is 0 Å². The molecule has 0 spiro atoms. The summed E-state index contributed by atoms with van der Waals surface area (Å²) in [5, 5.41) is 3.59. The van der Waals surface area contributed by atoms with Crippen LogP contribution in [0.2, 0.25) is 10.0 Å². The number of hydrogen-bond acceptors (Lipinski definition) is 4. The Kier molecular flexibility index (Phi) is 6.13. The smallest absolute Gasteiger partial charge is 0.258 e. The molecule has 5 nitrogen and oxygen atoms in total. The standard InChI is InChI=1S/C23H22Cl2FNO4/c24-15-2-1-3-17(8-15)30-7-6-16(28)10-22-12-23(13-22,14-22)27-21(29)11-31-18-4-5-19(25)20(26)9-18/h1-5,8-9H,6-7,10-14H2,(H,27,29). The van der Waals surface area contributed by atoms with Crippen LogP contribution in [0.15, 0.2) is 42.5 Å². The van der Waals surface area contributed by atoms with Gasteiger partial charge in [-0.15, -0.1) is 0 Å². The second-order valence-electron chi connectivity index (χ2n) is 8.49. The Balaban J connectivity index is 1.14. The van der Waals surface area contributed by atoms with Gasteiger partial charge in [-0.05, 0) is 55.0 Å². The summed E-state index contributed by atoms with van der Waals surface area (Å²) in [6.07, 6.45) is 3.23. The maximum atomic E-state index is 13.4. The number of amides is 1. The van der Waals surface area contributed by atoms with Crippen LogP contribution in [-0.2, 0) is 9.59 Å². The normalized spacial score (nSPS) is 23.3. The summed E-state index contributed by atoms with van der Waals surface area (Å²) in [4.78, 5) is 24.5. The molecule has 0 atom stereocenters. The van der Waals surface area contributed by atoms with Gasteiger partial charge in [0.2, 0.25) is 0 Å². The average molecular weight is 466 g/mol. The Bertz CT molecular complexity index is 993. The molecule has 3 fully saturated rings. The second kappa shape index (κ2) is 8.67. The van der Waals surface area contributed by atoms with Crippen LogP contribution in [0.4, 0.5) is 4.39 Å². The van der Waals surface area contributed by atoms with Gasteiger partial charge in [-0.25, -0.2) is 4.39 Å². The number of rotatable bonds is 10. The van der Waals surface area contributed by atoms with E-state index >= 15 is 0 Å². The lowest BCUT2D eigenvalue weighted by molar-refractivity contribution is -0.173. The third kappa shape index (κ3) is 5.13. The van der Waals surface area contributed by atoms with Crippen LogP contribution in [0.25, 0.3) is 0 Å². The highest BCUT2D eigenvalue weighted by molar-refractivity contribution is 6.31. The predicted octanol–water partition coefficient (Wildman–Crippen LogP) is 4.98. The molecule has 2 aromatic carbocycles. The molecule has 0 radical (unpaired) electrons. The Hall–Kier alpha value is -2.31. The summed E-state index contributed by atoms with van der Waals surface area (Å²) in [7, 11) is 0.